The summed E-state index contributed by atoms with van der Waals surface area (Å²) in [5, 5.41) is 6.03. The molecule has 1 aromatic carbocycles. The average molecular weight is 395 g/mol. The average Bonchev–Trinajstić information content (AvgIpc) is 2.67. The molecule has 156 valence electrons. The van der Waals surface area contributed by atoms with Crippen molar-refractivity contribution in [2.24, 2.45) is 4.99 Å². The van der Waals surface area contributed by atoms with Crippen LogP contribution in [0.15, 0.2) is 23.2 Å². The first-order valence-corrected chi connectivity index (χ1v) is 9.92. The molecule has 0 bridgehead atoms. The Labute approximate surface area is 166 Å². The largest absolute Gasteiger partial charge is 0.357 e. The van der Waals surface area contributed by atoms with Gasteiger partial charge in [-0.2, -0.15) is 0 Å². The maximum atomic E-state index is 14.2. The van der Waals surface area contributed by atoms with Gasteiger partial charge in [0.05, 0.1) is 6.54 Å². The highest BCUT2D eigenvalue weighted by Crippen LogP contribution is 2.28. The molecule has 1 amide bonds. The lowest BCUT2D eigenvalue weighted by Crippen LogP contribution is -2.53. The summed E-state index contributed by atoms with van der Waals surface area (Å²) in [5.74, 6) is -0.269. The minimum atomic E-state index is -0.549. The van der Waals surface area contributed by atoms with Gasteiger partial charge < -0.3 is 15.5 Å². The second kappa shape index (κ2) is 10.9. The van der Waals surface area contributed by atoms with Crippen LogP contribution in [0.3, 0.4) is 0 Å². The van der Waals surface area contributed by atoms with Crippen molar-refractivity contribution in [3.05, 3.63) is 35.4 Å². The first-order chi connectivity index (χ1) is 13.5. The lowest BCUT2D eigenvalue weighted by atomic mass is 10.0. The number of halogens is 2. The van der Waals surface area contributed by atoms with Crippen molar-refractivity contribution in [1.82, 2.24) is 20.4 Å². The maximum Gasteiger partial charge on any atom is 0.216 e. The third-order valence-electron chi connectivity index (χ3n) is 4.84. The lowest BCUT2D eigenvalue weighted by Gasteiger charge is -2.40. The van der Waals surface area contributed by atoms with Crippen molar-refractivity contribution in [3.63, 3.8) is 0 Å². The fraction of sp³-hybridized carbons (Fsp3) is 0.600. The Morgan fingerprint density at radius 2 is 1.89 bits per heavy atom. The van der Waals surface area contributed by atoms with Gasteiger partial charge in [0, 0.05) is 63.9 Å². The standard InChI is InChI=1S/C20H31F2N5O/c1-4-19(17-7-6-16(21)14-18(17)22)26-10-12-27(13-11-26)20(23-5-2)25-9-8-24-15(3)28/h6-7,14,19H,4-5,8-13H2,1-3H3,(H,23,25)(H,24,28). The van der Waals surface area contributed by atoms with E-state index >= 15 is 0 Å². The lowest BCUT2D eigenvalue weighted by molar-refractivity contribution is -0.118. The van der Waals surface area contributed by atoms with Crippen LogP contribution >= 0.6 is 0 Å². The number of piperazine rings is 1. The van der Waals surface area contributed by atoms with Gasteiger partial charge in [0.1, 0.15) is 11.6 Å². The van der Waals surface area contributed by atoms with E-state index in [9.17, 15) is 13.6 Å². The topological polar surface area (TPSA) is 60.0 Å². The van der Waals surface area contributed by atoms with Crippen LogP contribution in [0.2, 0.25) is 0 Å². The molecule has 6 nitrogen and oxygen atoms in total. The van der Waals surface area contributed by atoms with Gasteiger partial charge in [0.2, 0.25) is 5.91 Å². The number of carbonyl (C=O) groups is 1. The third-order valence-corrected chi connectivity index (χ3v) is 4.84. The molecule has 0 radical (unpaired) electrons. The number of amides is 1. The van der Waals surface area contributed by atoms with Crippen LogP contribution in [0.5, 0.6) is 0 Å². The zero-order chi connectivity index (χ0) is 20.5. The summed E-state index contributed by atoms with van der Waals surface area (Å²) in [5.41, 5.74) is 0.549. The van der Waals surface area contributed by atoms with Gasteiger partial charge in [-0.3, -0.25) is 14.7 Å². The summed E-state index contributed by atoms with van der Waals surface area (Å²) in [4.78, 5) is 20.0. The summed E-state index contributed by atoms with van der Waals surface area (Å²) in [7, 11) is 0. The molecule has 0 aliphatic carbocycles. The fourth-order valence-electron chi connectivity index (χ4n) is 3.51. The van der Waals surface area contributed by atoms with Gasteiger partial charge in [0.25, 0.3) is 0 Å². The smallest absolute Gasteiger partial charge is 0.216 e. The Balaban J connectivity index is 1.98. The van der Waals surface area contributed by atoms with Gasteiger partial charge in [0.15, 0.2) is 5.96 Å². The van der Waals surface area contributed by atoms with E-state index < -0.39 is 11.6 Å². The number of hydrogen-bond acceptors (Lipinski definition) is 3. The zero-order valence-electron chi connectivity index (χ0n) is 17.0. The molecule has 0 saturated carbocycles. The van der Waals surface area contributed by atoms with E-state index in [2.05, 4.69) is 25.4 Å². The number of carbonyl (C=O) groups excluding carboxylic acids is 1. The summed E-state index contributed by atoms with van der Waals surface area (Å²) in [6.07, 6.45) is 0.757. The predicted molar refractivity (Wildman–Crippen MR) is 107 cm³/mol. The Morgan fingerprint density at radius 3 is 2.46 bits per heavy atom. The van der Waals surface area contributed by atoms with Crippen LogP contribution in [0, 0.1) is 11.6 Å². The van der Waals surface area contributed by atoms with Crippen LogP contribution in [-0.4, -0.2) is 67.5 Å². The van der Waals surface area contributed by atoms with Crippen LogP contribution in [0.25, 0.3) is 0 Å². The molecule has 1 heterocycles. The molecular weight excluding hydrogens is 364 g/mol. The Kier molecular flexibility index (Phi) is 8.63. The normalized spacial score (nSPS) is 16.8. The first-order valence-electron chi connectivity index (χ1n) is 9.92. The van der Waals surface area contributed by atoms with E-state index in [0.717, 1.165) is 51.2 Å². The van der Waals surface area contributed by atoms with Gasteiger partial charge >= 0.3 is 0 Å². The highest BCUT2D eigenvalue weighted by molar-refractivity contribution is 5.80. The summed E-state index contributed by atoms with van der Waals surface area (Å²) in [6, 6.07) is 3.77. The quantitative estimate of drug-likeness (QED) is 0.422. The van der Waals surface area contributed by atoms with Crippen molar-refractivity contribution in [1.29, 1.82) is 0 Å². The van der Waals surface area contributed by atoms with Gasteiger partial charge in [-0.1, -0.05) is 13.0 Å². The summed E-state index contributed by atoms with van der Waals surface area (Å²) < 4.78 is 27.5. The van der Waals surface area contributed by atoms with Crippen molar-refractivity contribution in [3.8, 4) is 0 Å². The molecule has 1 aliphatic heterocycles. The molecule has 2 N–H and O–H groups in total. The Bertz CT molecular complexity index is 675. The van der Waals surface area contributed by atoms with Crippen LogP contribution in [-0.2, 0) is 4.79 Å². The van der Waals surface area contributed by atoms with Gasteiger partial charge in [-0.15, -0.1) is 0 Å². The van der Waals surface area contributed by atoms with Crippen LogP contribution in [0.1, 0.15) is 38.8 Å². The van der Waals surface area contributed by atoms with E-state index in [4.69, 9.17) is 0 Å². The number of hydrogen-bond donors (Lipinski definition) is 2. The molecule has 1 fully saturated rings. The molecular formula is C20H31F2N5O. The Morgan fingerprint density at radius 1 is 1.18 bits per heavy atom. The molecule has 0 aromatic heterocycles. The zero-order valence-corrected chi connectivity index (χ0v) is 17.0. The highest BCUT2D eigenvalue weighted by atomic mass is 19.1. The van der Waals surface area contributed by atoms with E-state index in [0.29, 0.717) is 18.7 Å². The first kappa shape index (κ1) is 22.1. The minimum Gasteiger partial charge on any atom is -0.357 e. The second-order valence-corrected chi connectivity index (χ2v) is 6.83. The SMILES string of the molecule is CCNC(=NCCNC(C)=O)N1CCN(C(CC)c2ccc(F)cc2F)CC1. The number of nitrogens with one attached hydrogen (secondary N) is 2. The summed E-state index contributed by atoms with van der Waals surface area (Å²) >= 11 is 0. The minimum absolute atomic E-state index is 0.0625. The highest BCUT2D eigenvalue weighted by Gasteiger charge is 2.27. The van der Waals surface area contributed by atoms with E-state index in [1.807, 2.05) is 13.8 Å². The fourth-order valence-corrected chi connectivity index (χ4v) is 3.51. The molecule has 1 unspecified atom stereocenters. The summed E-state index contributed by atoms with van der Waals surface area (Å²) in [6.45, 7) is 10.4. The molecule has 1 saturated heterocycles. The van der Waals surface area contributed by atoms with E-state index in [1.165, 1.54) is 13.0 Å². The van der Waals surface area contributed by atoms with E-state index in [1.54, 1.807) is 6.07 Å². The van der Waals surface area contributed by atoms with Crippen molar-refractivity contribution >= 4 is 11.9 Å². The molecule has 2 rings (SSSR count). The maximum absolute atomic E-state index is 14.2. The number of guanidine groups is 1. The molecule has 1 aromatic rings. The predicted octanol–water partition coefficient (Wildman–Crippen LogP) is 2.14. The number of aliphatic imine (C=N–C) groups is 1. The number of benzene rings is 1. The molecule has 1 atom stereocenters. The van der Waals surface area contributed by atoms with Crippen molar-refractivity contribution < 1.29 is 13.6 Å². The van der Waals surface area contributed by atoms with Gasteiger partial charge in [-0.05, 0) is 19.4 Å². The Hall–Kier alpha value is -2.22. The molecule has 28 heavy (non-hydrogen) atoms. The molecule has 0 spiro atoms. The molecule has 8 heteroatoms. The van der Waals surface area contributed by atoms with Crippen molar-refractivity contribution in [2.45, 2.75) is 33.2 Å². The van der Waals surface area contributed by atoms with E-state index in [-0.39, 0.29) is 11.9 Å². The molecule has 1 aliphatic rings. The van der Waals surface area contributed by atoms with Crippen molar-refractivity contribution in [2.75, 3.05) is 45.8 Å². The van der Waals surface area contributed by atoms with Crippen LogP contribution < -0.4 is 10.6 Å². The third kappa shape index (κ3) is 6.15. The number of nitrogens with zero attached hydrogens (tertiary/aromatic N) is 3. The number of rotatable bonds is 7. The second-order valence-electron chi connectivity index (χ2n) is 6.83. The van der Waals surface area contributed by atoms with Gasteiger partial charge in [-0.25, -0.2) is 8.78 Å². The monoisotopic (exact) mass is 395 g/mol. The van der Waals surface area contributed by atoms with Crippen LogP contribution in [0.4, 0.5) is 8.78 Å².